The van der Waals surface area contributed by atoms with Crippen molar-refractivity contribution in [3.63, 3.8) is 0 Å². The molecule has 0 bridgehead atoms. The van der Waals surface area contributed by atoms with Crippen LogP contribution in [0.2, 0.25) is 0 Å². The van der Waals surface area contributed by atoms with Gasteiger partial charge in [0.15, 0.2) is 0 Å². The van der Waals surface area contributed by atoms with Crippen LogP contribution >= 0.6 is 0 Å². The zero-order valence-electron chi connectivity index (χ0n) is 25.5. The van der Waals surface area contributed by atoms with Gasteiger partial charge in [0.1, 0.15) is 30.2 Å². The highest BCUT2D eigenvalue weighted by molar-refractivity contribution is 5.99. The van der Waals surface area contributed by atoms with Gasteiger partial charge in [-0.3, -0.25) is 28.8 Å². The molecule has 2 aliphatic rings. The summed E-state index contributed by atoms with van der Waals surface area (Å²) in [7, 11) is 0. The van der Waals surface area contributed by atoms with Gasteiger partial charge in [-0.05, 0) is 42.7 Å². The molecule has 5 amide bonds. The zero-order chi connectivity index (χ0) is 32.1. The molecule has 0 unspecified atom stereocenters. The maximum absolute atomic E-state index is 13.8. The minimum absolute atomic E-state index is 0.00674. The van der Waals surface area contributed by atoms with Gasteiger partial charge in [-0.15, -0.1) is 0 Å². The fraction of sp³-hybridized carbons (Fsp3) is 0.548. The Morgan fingerprint density at radius 1 is 0.886 bits per heavy atom. The van der Waals surface area contributed by atoms with Crippen molar-refractivity contribution in [2.75, 3.05) is 6.54 Å². The number of aliphatic carboxylic acids is 1. The first-order chi connectivity index (χ1) is 20.8. The van der Waals surface area contributed by atoms with E-state index in [9.17, 15) is 33.9 Å². The molecule has 5 atom stereocenters. The van der Waals surface area contributed by atoms with Crippen LogP contribution in [-0.2, 0) is 35.2 Å². The summed E-state index contributed by atoms with van der Waals surface area (Å²) in [5.74, 6) is -4.86. The number of amides is 5. The molecule has 13 heteroatoms. The molecule has 1 aromatic carbocycles. The fourth-order valence-electron chi connectivity index (χ4n) is 5.88. The van der Waals surface area contributed by atoms with E-state index in [1.807, 2.05) is 38.1 Å². The van der Waals surface area contributed by atoms with E-state index in [1.165, 1.54) is 4.90 Å². The second kappa shape index (κ2) is 13.9. The summed E-state index contributed by atoms with van der Waals surface area (Å²) in [6, 6.07) is 1.78. The number of nitrogens with one attached hydrogen (secondary N) is 5. The van der Waals surface area contributed by atoms with Gasteiger partial charge >= 0.3 is 5.97 Å². The van der Waals surface area contributed by atoms with Crippen molar-refractivity contribution in [2.45, 2.75) is 90.0 Å². The van der Waals surface area contributed by atoms with E-state index in [2.05, 4.69) is 26.3 Å². The zero-order valence-corrected chi connectivity index (χ0v) is 25.5. The summed E-state index contributed by atoms with van der Waals surface area (Å²) in [6.07, 6.45) is 2.12. The van der Waals surface area contributed by atoms with Crippen molar-refractivity contribution < 1.29 is 33.9 Å². The van der Waals surface area contributed by atoms with Gasteiger partial charge in [-0.2, -0.15) is 0 Å². The lowest BCUT2D eigenvalue weighted by molar-refractivity contribution is -0.144. The lowest BCUT2D eigenvalue weighted by atomic mass is 9.98. The van der Waals surface area contributed by atoms with Crippen LogP contribution in [0, 0.1) is 11.8 Å². The molecular weight excluding hydrogens is 568 g/mol. The summed E-state index contributed by atoms with van der Waals surface area (Å²) in [4.78, 5) is 84.5. The van der Waals surface area contributed by atoms with Crippen molar-refractivity contribution in [3.05, 3.63) is 36.0 Å². The molecule has 1 aromatic heterocycles. The molecule has 0 spiro atoms. The fourth-order valence-corrected chi connectivity index (χ4v) is 5.88. The average molecular weight is 611 g/mol. The number of benzene rings is 1. The predicted octanol–water partition coefficient (Wildman–Crippen LogP) is 0.831. The third-order valence-electron chi connectivity index (χ3n) is 8.15. The number of fused-ring (bicyclic) bond motifs is 2. The molecule has 238 valence electrons. The maximum atomic E-state index is 13.8. The van der Waals surface area contributed by atoms with Gasteiger partial charge in [-0.1, -0.05) is 45.9 Å². The first-order valence-electron chi connectivity index (χ1n) is 15.1. The Hall–Kier alpha value is -4.42. The number of carbonyl (C=O) groups excluding carboxylic acids is 5. The van der Waals surface area contributed by atoms with E-state index < -0.39 is 72.1 Å². The van der Waals surface area contributed by atoms with Gasteiger partial charge < -0.3 is 36.3 Å². The Bertz CT molecular complexity index is 1420. The normalized spacial score (nSPS) is 25.6. The molecule has 0 saturated carbocycles. The third kappa shape index (κ3) is 7.56. The molecule has 44 heavy (non-hydrogen) atoms. The standard InChI is InChI=1S/C31H42N6O7/c1-16(2)12-21-29(42)36-26(17(3)4)31(44)37-11-7-10-24(37)30(43)35-23(14-25(38)39)28(41)34-22(27(40)33-21)13-18-15-32-20-9-6-5-8-19(18)20/h5-6,8-9,15-17,21-24,26,32H,7,10-14H2,1-4H3,(H,33,40)(H,34,41)(H,35,43)(H,36,42)(H,38,39)/t21-,22+,23+,24-,26+/m1/s1. The quantitative estimate of drug-likeness (QED) is 0.268. The number of hydrogen-bond donors (Lipinski definition) is 6. The molecule has 13 nitrogen and oxygen atoms in total. The van der Waals surface area contributed by atoms with Crippen molar-refractivity contribution in [1.82, 2.24) is 31.2 Å². The number of carboxylic acids is 1. The van der Waals surface area contributed by atoms with Crippen LogP contribution < -0.4 is 21.3 Å². The van der Waals surface area contributed by atoms with Gasteiger partial charge in [-0.25, -0.2) is 0 Å². The van der Waals surface area contributed by atoms with Crippen LogP contribution in [0.3, 0.4) is 0 Å². The Kier molecular flexibility index (Phi) is 10.3. The Balaban J connectivity index is 1.75. The first kappa shape index (κ1) is 32.5. The number of carbonyl (C=O) groups is 6. The smallest absolute Gasteiger partial charge is 0.305 e. The van der Waals surface area contributed by atoms with Crippen molar-refractivity contribution in [2.24, 2.45) is 11.8 Å². The number of carboxylic acid groups (broad SMARTS) is 1. The number of H-pyrrole nitrogens is 1. The Morgan fingerprint density at radius 3 is 2.20 bits per heavy atom. The largest absolute Gasteiger partial charge is 0.481 e. The first-order valence-corrected chi connectivity index (χ1v) is 15.1. The topological polar surface area (TPSA) is 190 Å². The summed E-state index contributed by atoms with van der Waals surface area (Å²) in [6.45, 7) is 7.62. The van der Waals surface area contributed by atoms with Crippen molar-refractivity contribution in [1.29, 1.82) is 0 Å². The van der Waals surface area contributed by atoms with Gasteiger partial charge in [0.05, 0.1) is 6.42 Å². The molecule has 2 aromatic rings. The number of rotatable bonds is 7. The van der Waals surface area contributed by atoms with Crippen molar-refractivity contribution in [3.8, 4) is 0 Å². The minimum Gasteiger partial charge on any atom is -0.481 e. The van der Waals surface area contributed by atoms with E-state index in [1.54, 1.807) is 20.0 Å². The van der Waals surface area contributed by atoms with Gasteiger partial charge in [0.2, 0.25) is 29.5 Å². The maximum Gasteiger partial charge on any atom is 0.305 e. The van der Waals surface area contributed by atoms with Crippen LogP contribution in [0.15, 0.2) is 30.5 Å². The van der Waals surface area contributed by atoms with E-state index >= 15 is 0 Å². The Labute approximate surface area is 255 Å². The number of aromatic nitrogens is 1. The highest BCUT2D eigenvalue weighted by Gasteiger charge is 2.41. The molecule has 6 N–H and O–H groups in total. The van der Waals surface area contributed by atoms with Gasteiger partial charge in [0, 0.05) is 30.1 Å². The van der Waals surface area contributed by atoms with Crippen LogP contribution in [0.25, 0.3) is 10.9 Å². The van der Waals surface area contributed by atoms with Crippen LogP contribution in [-0.4, -0.2) is 87.2 Å². The number of aromatic amines is 1. The number of para-hydroxylation sites is 1. The van der Waals surface area contributed by atoms with Crippen molar-refractivity contribution >= 4 is 46.4 Å². The summed E-state index contributed by atoms with van der Waals surface area (Å²) < 4.78 is 0. The number of nitrogens with zero attached hydrogens (tertiary/aromatic N) is 1. The van der Waals surface area contributed by atoms with E-state index in [-0.39, 0.29) is 31.2 Å². The van der Waals surface area contributed by atoms with Crippen LogP contribution in [0.1, 0.15) is 58.9 Å². The molecule has 2 fully saturated rings. The number of hydrogen-bond acceptors (Lipinski definition) is 6. The van der Waals surface area contributed by atoms with E-state index in [0.29, 0.717) is 12.8 Å². The molecule has 0 radical (unpaired) electrons. The molecule has 3 heterocycles. The van der Waals surface area contributed by atoms with Gasteiger partial charge in [0.25, 0.3) is 0 Å². The van der Waals surface area contributed by atoms with E-state index in [0.717, 1.165) is 16.5 Å². The SMILES string of the molecule is CC(C)C[C@H]1NC(=O)[C@H](Cc2c[nH]c3ccccc23)NC(=O)[C@H](CC(=O)O)NC(=O)[C@H]2CCCN2C(=O)[C@H](C(C)C)NC1=O. The minimum atomic E-state index is -1.51. The second-order valence-corrected chi connectivity index (χ2v) is 12.4. The lowest BCUT2D eigenvalue weighted by Crippen LogP contribution is -2.59. The molecule has 2 saturated heterocycles. The summed E-state index contributed by atoms with van der Waals surface area (Å²) in [5, 5.41) is 21.2. The Morgan fingerprint density at radius 2 is 1.52 bits per heavy atom. The average Bonchev–Trinajstić information content (AvgIpc) is 3.61. The highest BCUT2D eigenvalue weighted by Crippen LogP contribution is 2.22. The summed E-state index contributed by atoms with van der Waals surface area (Å²) in [5.41, 5.74) is 1.54. The lowest BCUT2D eigenvalue weighted by Gasteiger charge is -2.32. The molecule has 2 aliphatic heterocycles. The monoisotopic (exact) mass is 610 g/mol. The highest BCUT2D eigenvalue weighted by atomic mass is 16.4. The predicted molar refractivity (Wildman–Crippen MR) is 161 cm³/mol. The summed E-state index contributed by atoms with van der Waals surface area (Å²) >= 11 is 0. The van der Waals surface area contributed by atoms with E-state index in [4.69, 9.17) is 0 Å². The van der Waals surface area contributed by atoms with Crippen LogP contribution in [0.4, 0.5) is 0 Å². The molecule has 0 aliphatic carbocycles. The second-order valence-electron chi connectivity index (χ2n) is 12.4. The van der Waals surface area contributed by atoms with Crippen LogP contribution in [0.5, 0.6) is 0 Å². The molecular formula is C31H42N6O7. The molecule has 4 rings (SSSR count). The third-order valence-corrected chi connectivity index (χ3v) is 8.15.